The van der Waals surface area contributed by atoms with E-state index in [4.69, 9.17) is 9.15 Å². The van der Waals surface area contributed by atoms with E-state index in [2.05, 4.69) is 4.98 Å². The molecule has 0 saturated heterocycles. The van der Waals surface area contributed by atoms with Crippen LogP contribution in [0.15, 0.2) is 59.1 Å². The number of carbonyl (C=O) groups excluding carboxylic acids is 1. The molecule has 0 spiro atoms. The fourth-order valence-corrected chi connectivity index (χ4v) is 2.20. The Balaban J connectivity index is 1.98. The van der Waals surface area contributed by atoms with Gasteiger partial charge < -0.3 is 9.15 Å². The molecule has 0 fully saturated rings. The Morgan fingerprint density at radius 3 is 2.65 bits per heavy atom. The summed E-state index contributed by atoms with van der Waals surface area (Å²) >= 11 is 0. The Hall–Kier alpha value is -2.95. The van der Waals surface area contributed by atoms with Gasteiger partial charge in [-0.15, -0.1) is 0 Å². The van der Waals surface area contributed by atoms with Crippen molar-refractivity contribution in [1.82, 2.24) is 4.98 Å². The first kappa shape index (κ1) is 15.0. The molecule has 0 unspecified atom stereocenters. The molecule has 23 heavy (non-hydrogen) atoms. The topological polar surface area (TPSA) is 52.3 Å². The number of benzene rings is 2. The third kappa shape index (κ3) is 3.13. The minimum atomic E-state index is -0.426. The molecule has 116 valence electrons. The molecule has 0 saturated carbocycles. The number of hydrogen-bond donors (Lipinski definition) is 0. The highest BCUT2D eigenvalue weighted by Crippen LogP contribution is 2.28. The summed E-state index contributed by atoms with van der Waals surface area (Å²) in [5, 5.41) is 0. The molecule has 0 aliphatic heterocycles. The third-order valence-electron chi connectivity index (χ3n) is 3.29. The number of nitrogens with zero attached hydrogens (tertiary/aromatic N) is 1. The molecule has 0 atom stereocenters. The summed E-state index contributed by atoms with van der Waals surface area (Å²) in [5.41, 5.74) is 1.65. The normalized spacial score (nSPS) is 10.5. The fourth-order valence-electron chi connectivity index (χ4n) is 2.20. The number of carbonyl (C=O) groups is 1. The van der Waals surface area contributed by atoms with Crippen molar-refractivity contribution in [3.05, 3.63) is 66.1 Å². The van der Waals surface area contributed by atoms with Crippen LogP contribution in [0.5, 0.6) is 0 Å². The monoisotopic (exact) mass is 311 g/mol. The number of halogens is 1. The van der Waals surface area contributed by atoms with E-state index in [1.807, 2.05) is 0 Å². The van der Waals surface area contributed by atoms with Crippen LogP contribution in [-0.4, -0.2) is 17.6 Å². The molecular formula is C18H14FNO3. The van der Waals surface area contributed by atoms with E-state index in [1.165, 1.54) is 12.1 Å². The minimum Gasteiger partial charge on any atom is -0.462 e. The van der Waals surface area contributed by atoms with Crippen molar-refractivity contribution < 1.29 is 18.3 Å². The predicted molar refractivity (Wildman–Crippen MR) is 83.3 cm³/mol. The van der Waals surface area contributed by atoms with E-state index < -0.39 is 5.97 Å². The molecule has 0 amide bonds. The summed E-state index contributed by atoms with van der Waals surface area (Å²) in [5.74, 6) is 0.0671. The van der Waals surface area contributed by atoms with Crippen LogP contribution in [-0.2, 0) is 4.74 Å². The standard InChI is InChI=1S/C18H14FNO3/c1-2-22-18(21)15-6-4-3-5-14(15)17-20-11-16(23-17)12-7-9-13(19)10-8-12/h3-11H,2H2,1H3. The summed E-state index contributed by atoms with van der Waals surface area (Å²) < 4.78 is 23.8. The number of aromatic nitrogens is 1. The van der Waals surface area contributed by atoms with Crippen LogP contribution >= 0.6 is 0 Å². The number of oxazole rings is 1. The van der Waals surface area contributed by atoms with Crippen LogP contribution in [0.4, 0.5) is 4.39 Å². The molecule has 0 radical (unpaired) electrons. The molecule has 0 N–H and O–H groups in total. The van der Waals surface area contributed by atoms with Crippen molar-refractivity contribution >= 4 is 5.97 Å². The van der Waals surface area contributed by atoms with Crippen LogP contribution in [0.2, 0.25) is 0 Å². The molecule has 3 aromatic rings. The molecule has 1 aromatic heterocycles. The van der Waals surface area contributed by atoms with Crippen LogP contribution in [0.3, 0.4) is 0 Å². The second-order valence-electron chi connectivity index (χ2n) is 4.80. The van der Waals surface area contributed by atoms with Gasteiger partial charge in [0.25, 0.3) is 0 Å². The summed E-state index contributed by atoms with van der Waals surface area (Å²) in [6.07, 6.45) is 1.55. The van der Waals surface area contributed by atoms with E-state index in [9.17, 15) is 9.18 Å². The predicted octanol–water partition coefficient (Wildman–Crippen LogP) is 4.32. The van der Waals surface area contributed by atoms with Crippen LogP contribution in [0, 0.1) is 5.82 Å². The number of esters is 1. The molecular weight excluding hydrogens is 297 g/mol. The van der Waals surface area contributed by atoms with Gasteiger partial charge in [0.1, 0.15) is 5.82 Å². The van der Waals surface area contributed by atoms with E-state index in [0.29, 0.717) is 34.9 Å². The van der Waals surface area contributed by atoms with Crippen LogP contribution < -0.4 is 0 Å². The van der Waals surface area contributed by atoms with E-state index >= 15 is 0 Å². The Morgan fingerprint density at radius 1 is 1.17 bits per heavy atom. The summed E-state index contributed by atoms with van der Waals surface area (Å²) in [6.45, 7) is 2.04. The van der Waals surface area contributed by atoms with Crippen molar-refractivity contribution in [3.8, 4) is 22.8 Å². The van der Waals surface area contributed by atoms with Gasteiger partial charge in [-0.3, -0.25) is 0 Å². The lowest BCUT2D eigenvalue weighted by molar-refractivity contribution is 0.0527. The first-order valence-corrected chi connectivity index (χ1v) is 7.17. The number of ether oxygens (including phenoxy) is 1. The lowest BCUT2D eigenvalue weighted by Crippen LogP contribution is -2.06. The summed E-state index contributed by atoms with van der Waals surface area (Å²) in [6, 6.07) is 12.9. The van der Waals surface area contributed by atoms with Crippen LogP contribution in [0.1, 0.15) is 17.3 Å². The first-order chi connectivity index (χ1) is 11.2. The maximum absolute atomic E-state index is 13.0. The van der Waals surface area contributed by atoms with Crippen molar-refractivity contribution in [2.24, 2.45) is 0 Å². The van der Waals surface area contributed by atoms with Gasteiger partial charge in [0.05, 0.1) is 23.9 Å². The molecule has 2 aromatic carbocycles. The molecule has 4 nitrogen and oxygen atoms in total. The Labute approximate surface area is 132 Å². The zero-order valence-electron chi connectivity index (χ0n) is 12.5. The van der Waals surface area contributed by atoms with Gasteiger partial charge in [0.15, 0.2) is 5.76 Å². The molecule has 5 heteroatoms. The zero-order valence-corrected chi connectivity index (χ0v) is 12.5. The van der Waals surface area contributed by atoms with E-state index in [-0.39, 0.29) is 5.82 Å². The van der Waals surface area contributed by atoms with Crippen molar-refractivity contribution in [1.29, 1.82) is 0 Å². The van der Waals surface area contributed by atoms with Gasteiger partial charge >= 0.3 is 5.97 Å². The molecule has 0 aliphatic rings. The quantitative estimate of drug-likeness (QED) is 0.673. The lowest BCUT2D eigenvalue weighted by atomic mass is 10.1. The number of rotatable bonds is 4. The van der Waals surface area contributed by atoms with Gasteiger partial charge in [-0.05, 0) is 43.3 Å². The zero-order chi connectivity index (χ0) is 16.2. The third-order valence-corrected chi connectivity index (χ3v) is 3.29. The molecule has 0 aliphatic carbocycles. The lowest BCUT2D eigenvalue weighted by Gasteiger charge is -2.05. The molecule has 0 bridgehead atoms. The summed E-state index contributed by atoms with van der Waals surface area (Å²) in [7, 11) is 0. The number of hydrogen-bond acceptors (Lipinski definition) is 4. The fraction of sp³-hybridized carbons (Fsp3) is 0.111. The van der Waals surface area contributed by atoms with Gasteiger partial charge in [-0.2, -0.15) is 0 Å². The maximum Gasteiger partial charge on any atom is 0.338 e. The van der Waals surface area contributed by atoms with Gasteiger partial charge in [0.2, 0.25) is 5.89 Å². The molecule has 1 heterocycles. The Morgan fingerprint density at radius 2 is 1.91 bits per heavy atom. The second kappa shape index (κ2) is 6.44. The highest BCUT2D eigenvalue weighted by molar-refractivity contribution is 5.96. The first-order valence-electron chi connectivity index (χ1n) is 7.17. The highest BCUT2D eigenvalue weighted by atomic mass is 19.1. The van der Waals surface area contributed by atoms with E-state index in [1.54, 1.807) is 49.5 Å². The van der Waals surface area contributed by atoms with Gasteiger partial charge in [-0.1, -0.05) is 12.1 Å². The Bertz CT molecular complexity index is 824. The maximum atomic E-state index is 13.0. The average molecular weight is 311 g/mol. The van der Waals surface area contributed by atoms with Crippen molar-refractivity contribution in [2.45, 2.75) is 6.92 Å². The minimum absolute atomic E-state index is 0.291. The largest absolute Gasteiger partial charge is 0.462 e. The molecule has 3 rings (SSSR count). The smallest absolute Gasteiger partial charge is 0.338 e. The van der Waals surface area contributed by atoms with Gasteiger partial charge in [0, 0.05) is 5.56 Å². The second-order valence-corrected chi connectivity index (χ2v) is 4.80. The SMILES string of the molecule is CCOC(=O)c1ccccc1-c1ncc(-c2ccc(F)cc2)o1. The van der Waals surface area contributed by atoms with E-state index in [0.717, 1.165) is 0 Å². The van der Waals surface area contributed by atoms with Gasteiger partial charge in [-0.25, -0.2) is 14.2 Å². The Kier molecular flexibility index (Phi) is 4.19. The summed E-state index contributed by atoms with van der Waals surface area (Å²) in [4.78, 5) is 16.2. The average Bonchev–Trinajstić information content (AvgIpc) is 3.05. The van der Waals surface area contributed by atoms with Crippen molar-refractivity contribution in [2.75, 3.05) is 6.61 Å². The van der Waals surface area contributed by atoms with Crippen LogP contribution in [0.25, 0.3) is 22.8 Å². The highest BCUT2D eigenvalue weighted by Gasteiger charge is 2.17. The van der Waals surface area contributed by atoms with Crippen molar-refractivity contribution in [3.63, 3.8) is 0 Å².